The monoisotopic (exact) mass is 554 g/mol. The second-order valence-corrected chi connectivity index (χ2v) is 12.3. The van der Waals surface area contributed by atoms with E-state index in [1.807, 2.05) is 6.92 Å². The highest BCUT2D eigenvalue weighted by Gasteiger charge is 2.22. The van der Waals surface area contributed by atoms with Crippen LogP contribution in [-0.2, 0) is 19.7 Å². The second kappa shape index (κ2) is 11.2. The molecule has 10 heteroatoms. The van der Waals surface area contributed by atoms with Gasteiger partial charge < -0.3 is 19.7 Å². The molecule has 8 nitrogen and oxygen atoms in total. The van der Waals surface area contributed by atoms with Gasteiger partial charge in [-0.05, 0) is 79.7 Å². The molecule has 0 saturated heterocycles. The first-order valence-corrected chi connectivity index (χ1v) is 14.6. The molecule has 0 fully saturated rings. The van der Waals surface area contributed by atoms with Crippen LogP contribution < -0.4 is 9.47 Å². The Morgan fingerprint density at radius 3 is 1.50 bits per heavy atom. The van der Waals surface area contributed by atoms with Gasteiger partial charge in [0.1, 0.15) is 32.8 Å². The van der Waals surface area contributed by atoms with Crippen molar-refractivity contribution >= 4 is 19.7 Å². The number of para-hydroxylation sites is 2. The lowest BCUT2D eigenvalue weighted by Gasteiger charge is -2.16. The third-order valence-electron chi connectivity index (χ3n) is 5.71. The quantitative estimate of drug-likeness (QED) is 0.280. The minimum absolute atomic E-state index is 0.0373. The molecule has 0 saturated carbocycles. The van der Waals surface area contributed by atoms with E-state index in [0.717, 1.165) is 0 Å². The van der Waals surface area contributed by atoms with Gasteiger partial charge in [-0.1, -0.05) is 24.3 Å². The van der Waals surface area contributed by atoms with E-state index in [0.29, 0.717) is 24.5 Å². The molecule has 0 bridgehead atoms. The maximum atomic E-state index is 12.8. The molecule has 4 rings (SSSR count). The van der Waals surface area contributed by atoms with E-state index in [1.165, 1.54) is 48.5 Å². The van der Waals surface area contributed by atoms with Crippen molar-refractivity contribution in [2.75, 3.05) is 6.61 Å². The zero-order valence-corrected chi connectivity index (χ0v) is 22.0. The van der Waals surface area contributed by atoms with Crippen molar-refractivity contribution in [3.63, 3.8) is 0 Å². The molecule has 0 spiro atoms. The van der Waals surface area contributed by atoms with E-state index >= 15 is 0 Å². The first kappa shape index (κ1) is 27.0. The van der Waals surface area contributed by atoms with Crippen molar-refractivity contribution in [3.05, 3.63) is 97.1 Å². The molecule has 38 heavy (non-hydrogen) atoms. The van der Waals surface area contributed by atoms with Gasteiger partial charge in [-0.3, -0.25) is 0 Å². The molecule has 0 amide bonds. The molecule has 4 aromatic carbocycles. The molecule has 1 atom stereocenters. The molecule has 0 heterocycles. The molecule has 0 aliphatic rings. The summed E-state index contributed by atoms with van der Waals surface area (Å²) in [5.41, 5.74) is 0. The molecule has 0 aliphatic heterocycles. The highest BCUT2D eigenvalue weighted by atomic mass is 32.2. The standard InChI is InChI=1S/C28H26O8S2/c1-20(36-22-12-16-24(17-13-22)38(33,34)28-9-5-3-7-26(28)30)18-19-35-21-10-14-23(15-11-21)37(31,32)27-8-4-2-6-25(27)29/h2-17,20,29-30H,18-19H2,1H3. The fourth-order valence-corrected chi connectivity index (χ4v) is 6.37. The van der Waals surface area contributed by atoms with E-state index in [9.17, 15) is 27.0 Å². The number of phenolic OH excluding ortho intramolecular Hbond substituents is 2. The molecular formula is C28H26O8S2. The first-order chi connectivity index (χ1) is 18.1. The molecule has 0 aromatic heterocycles. The van der Waals surface area contributed by atoms with Gasteiger partial charge in [-0.2, -0.15) is 0 Å². The van der Waals surface area contributed by atoms with Gasteiger partial charge in [-0.15, -0.1) is 0 Å². The number of aromatic hydroxyl groups is 2. The Kier molecular flexibility index (Phi) is 7.94. The van der Waals surface area contributed by atoms with E-state index < -0.39 is 19.7 Å². The SMILES string of the molecule is CC(CCOc1ccc(S(=O)(=O)c2ccccc2O)cc1)Oc1ccc(S(=O)(=O)c2ccccc2O)cc1. The van der Waals surface area contributed by atoms with E-state index in [4.69, 9.17) is 9.47 Å². The first-order valence-electron chi connectivity index (χ1n) is 11.6. The molecule has 198 valence electrons. The van der Waals surface area contributed by atoms with E-state index in [2.05, 4.69) is 0 Å². The minimum Gasteiger partial charge on any atom is -0.507 e. The summed E-state index contributed by atoms with van der Waals surface area (Å²) in [6.45, 7) is 2.14. The third-order valence-corrected chi connectivity index (χ3v) is 9.34. The van der Waals surface area contributed by atoms with Crippen molar-refractivity contribution in [1.82, 2.24) is 0 Å². The fourth-order valence-electron chi connectivity index (χ4n) is 3.67. The Morgan fingerprint density at radius 2 is 1.05 bits per heavy atom. The summed E-state index contributed by atoms with van der Waals surface area (Å²) in [6, 6.07) is 23.4. The normalized spacial score (nSPS) is 12.6. The summed E-state index contributed by atoms with van der Waals surface area (Å²) in [4.78, 5) is -0.252. The van der Waals surface area contributed by atoms with Crippen LogP contribution in [-0.4, -0.2) is 39.8 Å². The number of rotatable bonds is 10. The van der Waals surface area contributed by atoms with Crippen molar-refractivity contribution < 1.29 is 36.5 Å². The van der Waals surface area contributed by atoms with Crippen LogP contribution in [0.3, 0.4) is 0 Å². The lowest BCUT2D eigenvalue weighted by atomic mass is 10.3. The maximum Gasteiger partial charge on any atom is 0.210 e. The van der Waals surface area contributed by atoms with Crippen LogP contribution in [0.5, 0.6) is 23.0 Å². The summed E-state index contributed by atoms with van der Waals surface area (Å²) >= 11 is 0. The lowest BCUT2D eigenvalue weighted by Crippen LogP contribution is -2.16. The van der Waals surface area contributed by atoms with E-state index in [-0.39, 0.29) is 37.2 Å². The highest BCUT2D eigenvalue weighted by molar-refractivity contribution is 7.92. The zero-order chi connectivity index (χ0) is 27.3. The molecule has 0 aliphatic carbocycles. The summed E-state index contributed by atoms with van der Waals surface area (Å²) in [6.07, 6.45) is 0.256. The fraction of sp³-hybridized carbons (Fsp3) is 0.143. The van der Waals surface area contributed by atoms with Crippen LogP contribution >= 0.6 is 0 Å². The topological polar surface area (TPSA) is 127 Å². The van der Waals surface area contributed by atoms with E-state index in [1.54, 1.807) is 48.5 Å². The number of hydrogen-bond donors (Lipinski definition) is 2. The highest BCUT2D eigenvalue weighted by Crippen LogP contribution is 2.30. The Morgan fingerprint density at radius 1 is 0.632 bits per heavy atom. The third kappa shape index (κ3) is 5.92. The maximum absolute atomic E-state index is 12.8. The van der Waals surface area contributed by atoms with Crippen molar-refractivity contribution in [3.8, 4) is 23.0 Å². The van der Waals surface area contributed by atoms with Gasteiger partial charge >= 0.3 is 0 Å². The van der Waals surface area contributed by atoms with Gasteiger partial charge in [-0.25, -0.2) is 16.8 Å². The van der Waals surface area contributed by atoms with Gasteiger partial charge in [0.05, 0.1) is 22.5 Å². The molecule has 4 aromatic rings. The largest absolute Gasteiger partial charge is 0.507 e. The molecule has 1 unspecified atom stereocenters. The Balaban J connectivity index is 1.31. The summed E-state index contributed by atoms with van der Waals surface area (Å²) < 4.78 is 62.6. The van der Waals surface area contributed by atoms with Crippen LogP contribution in [0.15, 0.2) is 117 Å². The van der Waals surface area contributed by atoms with Crippen molar-refractivity contribution in [1.29, 1.82) is 0 Å². The van der Waals surface area contributed by atoms with Crippen molar-refractivity contribution in [2.24, 2.45) is 0 Å². The summed E-state index contributed by atoms with van der Waals surface area (Å²) in [7, 11) is -7.73. The summed E-state index contributed by atoms with van der Waals surface area (Å²) in [5, 5.41) is 19.8. The van der Waals surface area contributed by atoms with Crippen LogP contribution in [0.25, 0.3) is 0 Å². The number of hydrogen-bond acceptors (Lipinski definition) is 8. The predicted octanol–water partition coefficient (Wildman–Crippen LogP) is 5.00. The van der Waals surface area contributed by atoms with Gasteiger partial charge in [0, 0.05) is 6.42 Å². The van der Waals surface area contributed by atoms with Crippen LogP contribution in [0.1, 0.15) is 13.3 Å². The molecule has 2 N–H and O–H groups in total. The number of benzene rings is 4. The van der Waals surface area contributed by atoms with Gasteiger partial charge in [0.15, 0.2) is 0 Å². The molecule has 0 radical (unpaired) electrons. The smallest absolute Gasteiger partial charge is 0.210 e. The number of phenols is 2. The van der Waals surface area contributed by atoms with Crippen LogP contribution in [0, 0.1) is 0 Å². The van der Waals surface area contributed by atoms with Crippen LogP contribution in [0.4, 0.5) is 0 Å². The molecular weight excluding hydrogens is 528 g/mol. The van der Waals surface area contributed by atoms with Gasteiger partial charge in [0.2, 0.25) is 19.7 Å². The number of sulfone groups is 2. The lowest BCUT2D eigenvalue weighted by molar-refractivity contribution is 0.177. The Bertz CT molecular complexity index is 1610. The zero-order valence-electron chi connectivity index (χ0n) is 20.4. The second-order valence-electron chi connectivity index (χ2n) is 8.45. The minimum atomic E-state index is -3.87. The average Bonchev–Trinajstić information content (AvgIpc) is 2.89. The van der Waals surface area contributed by atoms with Crippen molar-refractivity contribution in [2.45, 2.75) is 39.0 Å². The van der Waals surface area contributed by atoms with Gasteiger partial charge in [0.25, 0.3) is 0 Å². The average molecular weight is 555 g/mol. The van der Waals surface area contributed by atoms with Crippen LogP contribution in [0.2, 0.25) is 0 Å². The summed E-state index contributed by atoms with van der Waals surface area (Å²) in [5.74, 6) is 0.335. The number of ether oxygens (including phenoxy) is 2. The Labute approximate surface area is 221 Å². The Hall–Kier alpha value is -4.02. The predicted molar refractivity (Wildman–Crippen MR) is 140 cm³/mol.